The Hall–Kier alpha value is -2.02. The summed E-state index contributed by atoms with van der Waals surface area (Å²) in [6.07, 6.45) is 0. The number of aromatic nitrogens is 3. The lowest BCUT2D eigenvalue weighted by Gasteiger charge is -2.19. The molecule has 0 radical (unpaired) electrons. The van der Waals surface area contributed by atoms with Crippen LogP contribution >= 0.6 is 11.6 Å². The molecule has 0 spiro atoms. The molecular weight excluding hydrogens is 328 g/mol. The second-order valence-corrected chi connectivity index (χ2v) is 5.95. The summed E-state index contributed by atoms with van der Waals surface area (Å²) in [6, 6.07) is 1.57. The predicted molar refractivity (Wildman–Crippen MR) is 83.9 cm³/mol. The van der Waals surface area contributed by atoms with Gasteiger partial charge < -0.3 is 0 Å². The van der Waals surface area contributed by atoms with E-state index in [1.165, 1.54) is 14.0 Å². The van der Waals surface area contributed by atoms with E-state index in [0.717, 1.165) is 9.13 Å². The van der Waals surface area contributed by atoms with Gasteiger partial charge in [-0.2, -0.15) is 8.78 Å². The van der Waals surface area contributed by atoms with Gasteiger partial charge in [-0.1, -0.05) is 11.6 Å². The van der Waals surface area contributed by atoms with E-state index < -0.39 is 22.9 Å². The summed E-state index contributed by atoms with van der Waals surface area (Å²) >= 11 is 5.97. The predicted octanol–water partition coefficient (Wildman–Crippen LogP) is 2.62. The number of hydrogen-bond donors (Lipinski definition) is 0. The number of nitrogens with zero attached hydrogens (tertiary/aromatic N) is 3. The average molecular weight is 344 g/mol. The Labute approximate surface area is 136 Å². The Bertz CT molecular complexity index is 874. The van der Waals surface area contributed by atoms with Crippen LogP contribution in [0.15, 0.2) is 15.7 Å². The Morgan fingerprint density at radius 3 is 2.30 bits per heavy atom. The van der Waals surface area contributed by atoms with E-state index in [9.17, 15) is 18.4 Å². The average Bonchev–Trinajstić information content (AvgIpc) is 2.41. The summed E-state index contributed by atoms with van der Waals surface area (Å²) in [4.78, 5) is 29.1. The molecule has 0 unspecified atom stereocenters. The lowest BCUT2D eigenvalue weighted by atomic mass is 10.1. The standard InChI is InChI=1S/C15H16ClF2N3O2/c1-7-6-10(16)9(3)19-12(7)21-13(22)8(2)11(15(4,17)18)20(5)14(21)23/h6H,1-5H3. The molecule has 0 atom stereocenters. The van der Waals surface area contributed by atoms with Crippen molar-refractivity contribution in [1.82, 2.24) is 14.1 Å². The SMILES string of the molecule is Cc1cc(Cl)c(C)nc1-n1c(=O)c(C)c(C(C)(F)F)n(C)c1=O. The van der Waals surface area contributed by atoms with Crippen LogP contribution in [0.3, 0.4) is 0 Å². The zero-order valence-electron chi connectivity index (χ0n) is 13.4. The van der Waals surface area contributed by atoms with Crippen molar-refractivity contribution in [2.45, 2.75) is 33.6 Å². The van der Waals surface area contributed by atoms with Crippen molar-refractivity contribution in [3.05, 3.63) is 54.4 Å². The van der Waals surface area contributed by atoms with Crippen molar-refractivity contribution in [1.29, 1.82) is 0 Å². The molecule has 0 fully saturated rings. The van der Waals surface area contributed by atoms with Crippen LogP contribution in [-0.2, 0) is 13.0 Å². The number of hydrogen-bond acceptors (Lipinski definition) is 3. The molecule has 0 aliphatic carbocycles. The van der Waals surface area contributed by atoms with Crippen molar-refractivity contribution >= 4 is 11.6 Å². The van der Waals surface area contributed by atoms with Crippen LogP contribution in [-0.4, -0.2) is 14.1 Å². The Morgan fingerprint density at radius 2 is 1.78 bits per heavy atom. The van der Waals surface area contributed by atoms with Crippen molar-refractivity contribution in [3.8, 4) is 5.82 Å². The molecule has 23 heavy (non-hydrogen) atoms. The Morgan fingerprint density at radius 1 is 1.22 bits per heavy atom. The lowest BCUT2D eigenvalue weighted by molar-refractivity contribution is 0.00746. The van der Waals surface area contributed by atoms with Crippen LogP contribution < -0.4 is 11.2 Å². The number of alkyl halides is 2. The fourth-order valence-electron chi connectivity index (χ4n) is 2.55. The summed E-state index contributed by atoms with van der Waals surface area (Å²) in [5.74, 6) is -3.22. The molecule has 0 amide bonds. The molecule has 0 aliphatic heterocycles. The summed E-state index contributed by atoms with van der Waals surface area (Å²) in [7, 11) is 1.20. The third-order valence-electron chi connectivity index (χ3n) is 3.64. The zero-order chi connectivity index (χ0) is 17.7. The molecule has 0 aromatic carbocycles. The summed E-state index contributed by atoms with van der Waals surface area (Å²) in [5.41, 5.74) is -1.57. The highest BCUT2D eigenvalue weighted by atomic mass is 35.5. The molecule has 5 nitrogen and oxygen atoms in total. The van der Waals surface area contributed by atoms with Gasteiger partial charge in [0, 0.05) is 19.5 Å². The van der Waals surface area contributed by atoms with E-state index >= 15 is 0 Å². The van der Waals surface area contributed by atoms with Crippen molar-refractivity contribution in [3.63, 3.8) is 0 Å². The molecule has 2 heterocycles. The Balaban J connectivity index is 2.95. The van der Waals surface area contributed by atoms with E-state index in [-0.39, 0.29) is 11.4 Å². The van der Waals surface area contributed by atoms with E-state index in [4.69, 9.17) is 11.6 Å². The number of aryl methyl sites for hydroxylation is 2. The van der Waals surface area contributed by atoms with Crippen LogP contribution in [0, 0.1) is 20.8 Å². The van der Waals surface area contributed by atoms with Crippen molar-refractivity contribution in [2.24, 2.45) is 7.05 Å². The van der Waals surface area contributed by atoms with Gasteiger partial charge in [0.05, 0.1) is 16.4 Å². The number of pyridine rings is 1. The van der Waals surface area contributed by atoms with Crippen LogP contribution in [0.4, 0.5) is 8.78 Å². The van der Waals surface area contributed by atoms with E-state index in [1.807, 2.05) is 0 Å². The summed E-state index contributed by atoms with van der Waals surface area (Å²) < 4.78 is 29.0. The fourth-order valence-corrected chi connectivity index (χ4v) is 2.76. The smallest absolute Gasteiger partial charge is 0.294 e. The second-order valence-electron chi connectivity index (χ2n) is 5.54. The van der Waals surface area contributed by atoms with Crippen LogP contribution in [0.5, 0.6) is 0 Å². The first-order chi connectivity index (χ1) is 10.5. The van der Waals surface area contributed by atoms with Gasteiger partial charge in [-0.3, -0.25) is 9.36 Å². The van der Waals surface area contributed by atoms with Crippen LogP contribution in [0.2, 0.25) is 5.02 Å². The lowest BCUT2D eigenvalue weighted by Crippen LogP contribution is -2.43. The molecule has 0 saturated carbocycles. The third-order valence-corrected chi connectivity index (χ3v) is 4.02. The van der Waals surface area contributed by atoms with Gasteiger partial charge in [-0.15, -0.1) is 0 Å². The molecule has 0 bridgehead atoms. The van der Waals surface area contributed by atoms with Crippen LogP contribution in [0.1, 0.15) is 29.4 Å². The first-order valence-corrected chi connectivity index (χ1v) is 7.19. The zero-order valence-corrected chi connectivity index (χ0v) is 14.1. The molecule has 2 aromatic rings. The van der Waals surface area contributed by atoms with Gasteiger partial charge in [0.1, 0.15) is 5.82 Å². The van der Waals surface area contributed by atoms with E-state index in [2.05, 4.69) is 4.98 Å². The van der Waals surface area contributed by atoms with Gasteiger partial charge in [0.15, 0.2) is 0 Å². The molecule has 8 heteroatoms. The number of rotatable bonds is 2. The first kappa shape index (κ1) is 17.3. The van der Waals surface area contributed by atoms with Gasteiger partial charge in [0.25, 0.3) is 11.5 Å². The second kappa shape index (κ2) is 5.56. The molecule has 0 aliphatic rings. The highest BCUT2D eigenvalue weighted by Gasteiger charge is 2.32. The van der Waals surface area contributed by atoms with Crippen LogP contribution in [0.25, 0.3) is 5.82 Å². The largest absolute Gasteiger partial charge is 0.337 e. The maximum Gasteiger partial charge on any atom is 0.337 e. The van der Waals surface area contributed by atoms with E-state index in [1.54, 1.807) is 19.9 Å². The molecular formula is C15H16ClF2N3O2. The third kappa shape index (κ3) is 2.81. The maximum absolute atomic E-state index is 13.7. The highest BCUT2D eigenvalue weighted by Crippen LogP contribution is 2.27. The Kier molecular flexibility index (Phi) is 4.19. The topological polar surface area (TPSA) is 56.9 Å². The van der Waals surface area contributed by atoms with Gasteiger partial charge in [-0.05, 0) is 32.4 Å². The van der Waals surface area contributed by atoms with Gasteiger partial charge >= 0.3 is 5.69 Å². The molecule has 124 valence electrons. The summed E-state index contributed by atoms with van der Waals surface area (Å²) in [5, 5.41) is 0.393. The van der Waals surface area contributed by atoms with Crippen molar-refractivity contribution < 1.29 is 8.78 Å². The highest BCUT2D eigenvalue weighted by molar-refractivity contribution is 6.31. The monoisotopic (exact) mass is 343 g/mol. The first-order valence-electron chi connectivity index (χ1n) is 6.82. The van der Waals surface area contributed by atoms with Gasteiger partial charge in [-0.25, -0.2) is 14.3 Å². The minimum atomic E-state index is -3.31. The minimum Gasteiger partial charge on any atom is -0.294 e. The fraction of sp³-hybridized carbons (Fsp3) is 0.400. The maximum atomic E-state index is 13.7. The summed E-state index contributed by atoms with van der Waals surface area (Å²) in [6.45, 7) is 5.18. The number of halogens is 3. The van der Waals surface area contributed by atoms with Gasteiger partial charge in [0.2, 0.25) is 0 Å². The molecule has 2 rings (SSSR count). The minimum absolute atomic E-state index is 0.0894. The molecule has 0 N–H and O–H groups in total. The van der Waals surface area contributed by atoms with Crippen molar-refractivity contribution in [2.75, 3.05) is 0 Å². The normalized spacial score (nSPS) is 11.8. The molecule has 2 aromatic heterocycles. The molecule has 0 saturated heterocycles. The van der Waals surface area contributed by atoms with E-state index in [0.29, 0.717) is 23.2 Å². The quantitative estimate of drug-likeness (QED) is 0.842.